The van der Waals surface area contributed by atoms with Crippen LogP contribution in [0.1, 0.15) is 6.92 Å². The van der Waals surface area contributed by atoms with Crippen LogP contribution in [0.15, 0.2) is 23.2 Å². The van der Waals surface area contributed by atoms with Crippen molar-refractivity contribution in [3.63, 3.8) is 0 Å². The number of nitrogens with one attached hydrogen (secondary N) is 1. The minimum absolute atomic E-state index is 0.0549. The molecule has 1 rings (SSSR count). The number of nitrogen functional groups attached to an aromatic ring is 1. The highest BCUT2D eigenvalue weighted by Gasteiger charge is 2.25. The van der Waals surface area contributed by atoms with E-state index in [-0.39, 0.29) is 11.5 Å². The maximum atomic E-state index is 12.1. The highest BCUT2D eigenvalue weighted by Crippen LogP contribution is 2.16. The van der Waals surface area contributed by atoms with Gasteiger partial charge in [0, 0.05) is 19.3 Å². The van der Waals surface area contributed by atoms with Crippen LogP contribution in [0.25, 0.3) is 0 Å². The number of nitrogens with two attached hydrogens (primary N) is 1. The molecule has 0 amide bonds. The van der Waals surface area contributed by atoms with Crippen molar-refractivity contribution in [2.75, 3.05) is 19.1 Å². The van der Waals surface area contributed by atoms with E-state index in [2.05, 4.69) is 10.4 Å². The van der Waals surface area contributed by atoms with Crippen molar-refractivity contribution in [1.29, 1.82) is 0 Å². The number of aromatic nitrogens is 1. The van der Waals surface area contributed by atoms with Crippen molar-refractivity contribution in [3.8, 4) is 0 Å². The Morgan fingerprint density at radius 3 is 2.65 bits per heavy atom. The summed E-state index contributed by atoms with van der Waals surface area (Å²) in [4.78, 5) is 3.88. The van der Waals surface area contributed by atoms with Gasteiger partial charge in [0.25, 0.3) is 0 Å². The van der Waals surface area contributed by atoms with Crippen LogP contribution in [0.2, 0.25) is 0 Å². The lowest BCUT2D eigenvalue weighted by Gasteiger charge is -2.22. The van der Waals surface area contributed by atoms with Crippen LogP contribution in [0.3, 0.4) is 0 Å². The molecule has 0 aliphatic heterocycles. The smallest absolute Gasteiger partial charge is 0.244 e. The first-order valence-electron chi connectivity index (χ1n) is 4.95. The molecule has 1 aromatic heterocycles. The molecule has 0 radical (unpaired) electrons. The van der Waals surface area contributed by atoms with Crippen LogP contribution in [-0.2, 0) is 10.0 Å². The highest BCUT2D eigenvalue weighted by atomic mass is 32.2. The Morgan fingerprint density at radius 1 is 1.59 bits per heavy atom. The maximum Gasteiger partial charge on any atom is 0.244 e. The molecule has 0 aliphatic rings. The summed E-state index contributed by atoms with van der Waals surface area (Å²) in [5.41, 5.74) is 2.31. The van der Waals surface area contributed by atoms with Crippen molar-refractivity contribution < 1.29 is 13.5 Å². The molecule has 1 atom stereocenters. The van der Waals surface area contributed by atoms with Gasteiger partial charge in [-0.1, -0.05) is 0 Å². The summed E-state index contributed by atoms with van der Waals surface area (Å²) in [7, 11) is -2.23. The van der Waals surface area contributed by atoms with Gasteiger partial charge in [0.05, 0.1) is 6.61 Å². The van der Waals surface area contributed by atoms with Crippen molar-refractivity contribution in [2.45, 2.75) is 17.9 Å². The fourth-order valence-corrected chi connectivity index (χ4v) is 2.44. The number of aliphatic hydroxyl groups excluding tert-OH is 1. The zero-order chi connectivity index (χ0) is 13.1. The molecule has 0 spiro atoms. The first-order valence-corrected chi connectivity index (χ1v) is 6.39. The molecule has 0 aromatic carbocycles. The number of nitrogens with zero attached hydrogens (tertiary/aromatic N) is 2. The van der Waals surface area contributed by atoms with Gasteiger partial charge in [-0.3, -0.25) is 0 Å². The van der Waals surface area contributed by atoms with Gasteiger partial charge in [-0.05, 0) is 19.1 Å². The average Bonchev–Trinajstić information content (AvgIpc) is 2.36. The van der Waals surface area contributed by atoms with Crippen molar-refractivity contribution in [3.05, 3.63) is 18.3 Å². The molecule has 7 nitrogen and oxygen atoms in total. The number of sulfonamides is 1. The fraction of sp³-hybridized carbons (Fsp3) is 0.444. The monoisotopic (exact) mass is 260 g/mol. The van der Waals surface area contributed by atoms with E-state index in [9.17, 15) is 8.42 Å². The lowest BCUT2D eigenvalue weighted by molar-refractivity contribution is 0.214. The van der Waals surface area contributed by atoms with E-state index in [4.69, 9.17) is 10.9 Å². The van der Waals surface area contributed by atoms with E-state index in [0.717, 1.165) is 4.31 Å². The van der Waals surface area contributed by atoms with Crippen molar-refractivity contribution in [2.24, 2.45) is 5.84 Å². The normalized spacial score (nSPS) is 13.7. The largest absolute Gasteiger partial charge is 0.395 e. The molecule has 1 heterocycles. The SMILES string of the molecule is CC(CO)N(C)S(=O)(=O)c1ccc(NN)nc1. The minimum atomic E-state index is -3.63. The van der Waals surface area contributed by atoms with Gasteiger partial charge in [-0.25, -0.2) is 19.2 Å². The van der Waals surface area contributed by atoms with E-state index in [1.165, 1.54) is 25.4 Å². The molecule has 0 fully saturated rings. The molecule has 1 aromatic rings. The van der Waals surface area contributed by atoms with E-state index < -0.39 is 16.1 Å². The molecule has 4 N–H and O–H groups in total. The predicted molar refractivity (Wildman–Crippen MR) is 63.5 cm³/mol. The predicted octanol–water partition coefficient (Wildman–Crippen LogP) is -0.631. The summed E-state index contributed by atoms with van der Waals surface area (Å²) in [6, 6.07) is 2.37. The summed E-state index contributed by atoms with van der Waals surface area (Å²) >= 11 is 0. The molecule has 1 unspecified atom stereocenters. The van der Waals surface area contributed by atoms with E-state index in [1.54, 1.807) is 6.92 Å². The Balaban J connectivity index is 3.04. The molecular weight excluding hydrogens is 244 g/mol. The number of anilines is 1. The molecule has 0 aliphatic carbocycles. The van der Waals surface area contributed by atoms with Crippen molar-refractivity contribution in [1.82, 2.24) is 9.29 Å². The zero-order valence-electron chi connectivity index (χ0n) is 9.66. The second-order valence-electron chi connectivity index (χ2n) is 3.58. The summed E-state index contributed by atoms with van der Waals surface area (Å²) < 4.78 is 25.2. The minimum Gasteiger partial charge on any atom is -0.395 e. The van der Waals surface area contributed by atoms with E-state index in [1.807, 2.05) is 0 Å². The molecule has 0 bridgehead atoms. The van der Waals surface area contributed by atoms with E-state index >= 15 is 0 Å². The first kappa shape index (κ1) is 13.8. The number of aliphatic hydroxyl groups is 1. The average molecular weight is 260 g/mol. The first-order chi connectivity index (χ1) is 7.93. The Morgan fingerprint density at radius 2 is 2.24 bits per heavy atom. The van der Waals surface area contributed by atoms with Crippen molar-refractivity contribution >= 4 is 15.8 Å². The zero-order valence-corrected chi connectivity index (χ0v) is 10.5. The van der Waals surface area contributed by atoms with Crippen LogP contribution in [0.5, 0.6) is 0 Å². The summed E-state index contributed by atoms with van der Waals surface area (Å²) in [6.07, 6.45) is 1.21. The van der Waals surface area contributed by atoms with Gasteiger partial charge in [0.1, 0.15) is 10.7 Å². The molecule has 0 saturated carbocycles. The number of hydrogen-bond acceptors (Lipinski definition) is 6. The summed E-state index contributed by atoms with van der Waals surface area (Å²) in [5.74, 6) is 5.51. The standard InChI is InChI=1S/C9H16N4O3S/c1-7(6-14)13(2)17(15,16)8-3-4-9(12-10)11-5-8/h3-5,7,14H,6,10H2,1-2H3,(H,11,12). The molecule has 96 valence electrons. The number of likely N-dealkylation sites (N-methyl/N-ethyl adjacent to an activating group) is 1. The Hall–Kier alpha value is -1.22. The van der Waals surface area contributed by atoms with Crippen LogP contribution in [-0.4, -0.2) is 42.5 Å². The molecular formula is C9H16N4O3S. The number of pyridine rings is 1. The van der Waals surface area contributed by atoms with Gasteiger partial charge >= 0.3 is 0 Å². The topological polar surface area (TPSA) is 109 Å². The van der Waals surface area contributed by atoms with Gasteiger partial charge in [0.15, 0.2) is 0 Å². The Labute approximate surface area is 100 Å². The van der Waals surface area contributed by atoms with Crippen LogP contribution >= 0.6 is 0 Å². The lowest BCUT2D eigenvalue weighted by Crippen LogP contribution is -2.37. The van der Waals surface area contributed by atoms with Gasteiger partial charge in [-0.2, -0.15) is 4.31 Å². The van der Waals surface area contributed by atoms with Gasteiger partial charge in [0.2, 0.25) is 10.0 Å². The van der Waals surface area contributed by atoms with Gasteiger partial charge < -0.3 is 10.5 Å². The number of hydrazine groups is 1. The quantitative estimate of drug-likeness (QED) is 0.480. The van der Waals surface area contributed by atoms with Crippen LogP contribution < -0.4 is 11.3 Å². The van der Waals surface area contributed by atoms with E-state index in [0.29, 0.717) is 5.82 Å². The molecule has 17 heavy (non-hydrogen) atoms. The van der Waals surface area contributed by atoms with Crippen LogP contribution in [0, 0.1) is 0 Å². The third-order valence-corrected chi connectivity index (χ3v) is 4.40. The Kier molecular flexibility index (Phi) is 4.40. The lowest BCUT2D eigenvalue weighted by atomic mass is 10.4. The van der Waals surface area contributed by atoms with Crippen LogP contribution in [0.4, 0.5) is 5.82 Å². The highest BCUT2D eigenvalue weighted by molar-refractivity contribution is 7.89. The number of hydrogen-bond donors (Lipinski definition) is 3. The molecule has 0 saturated heterocycles. The summed E-state index contributed by atoms with van der Waals surface area (Å²) in [5, 5.41) is 8.95. The summed E-state index contributed by atoms with van der Waals surface area (Å²) in [6.45, 7) is 1.37. The third-order valence-electron chi connectivity index (χ3n) is 2.45. The third kappa shape index (κ3) is 2.91. The second-order valence-corrected chi connectivity index (χ2v) is 5.57. The Bertz CT molecular complexity index is 460. The van der Waals surface area contributed by atoms with Gasteiger partial charge in [-0.15, -0.1) is 0 Å². The fourth-order valence-electron chi connectivity index (χ4n) is 1.14. The molecule has 8 heteroatoms. The maximum absolute atomic E-state index is 12.1. The number of rotatable bonds is 5. The second kappa shape index (κ2) is 5.41.